The van der Waals surface area contributed by atoms with Crippen LogP contribution < -0.4 is 5.32 Å². The molecule has 0 saturated heterocycles. The zero-order valence-electron chi connectivity index (χ0n) is 19.7. The van der Waals surface area contributed by atoms with E-state index in [1.165, 1.54) is 6.92 Å². The van der Waals surface area contributed by atoms with Crippen LogP contribution in [0.15, 0.2) is 116 Å². The van der Waals surface area contributed by atoms with Gasteiger partial charge in [0.1, 0.15) is 5.52 Å². The van der Waals surface area contributed by atoms with E-state index in [0.717, 1.165) is 37.9 Å². The number of para-hydroxylation sites is 2. The first-order chi connectivity index (χ1) is 18.0. The molecule has 1 atom stereocenters. The zero-order chi connectivity index (χ0) is 25.4. The van der Waals surface area contributed by atoms with E-state index in [1.807, 2.05) is 84.9 Å². The number of hydrogen-bond donors (Lipinski definition) is 1. The number of nitrogens with one attached hydrogen (secondary N) is 1. The molecule has 2 aromatic heterocycles. The lowest BCUT2D eigenvalue weighted by atomic mass is 9.88. The number of carbonyl (C=O) groups excluding carboxylic acids is 1. The summed E-state index contributed by atoms with van der Waals surface area (Å²) >= 11 is 3.58. The van der Waals surface area contributed by atoms with Crippen LogP contribution in [0.2, 0.25) is 0 Å². The summed E-state index contributed by atoms with van der Waals surface area (Å²) in [4.78, 5) is 20.7. The molecule has 6 rings (SSSR count). The maximum absolute atomic E-state index is 11.8. The summed E-state index contributed by atoms with van der Waals surface area (Å²) in [6, 6.07) is 25.5. The van der Waals surface area contributed by atoms with E-state index in [1.54, 1.807) is 12.4 Å². The number of fused-ring (bicyclic) bond motifs is 1. The lowest BCUT2D eigenvalue weighted by Gasteiger charge is -2.20. The van der Waals surface area contributed by atoms with Crippen LogP contribution in [0.4, 0.5) is 5.69 Å². The number of amides is 1. The molecule has 0 aliphatic carbocycles. The summed E-state index contributed by atoms with van der Waals surface area (Å²) in [6.45, 7) is 1.47. The number of aromatic nitrogens is 2. The van der Waals surface area contributed by atoms with Crippen LogP contribution in [0.1, 0.15) is 23.9 Å². The SMILES string of the molecule is CC(=O)Nc1cncc(Br)c1-c1ccc(C2(c3nc4ccccc4o3)C=C(c3ccccc3)N=N2)cc1. The third kappa shape index (κ3) is 4.15. The Bertz CT molecular complexity index is 1660. The molecule has 8 heteroatoms. The molecule has 3 heterocycles. The highest BCUT2D eigenvalue weighted by Crippen LogP contribution is 2.44. The minimum Gasteiger partial charge on any atom is -0.437 e. The molecule has 1 amide bonds. The van der Waals surface area contributed by atoms with Gasteiger partial charge in [-0.2, -0.15) is 10.2 Å². The minimum absolute atomic E-state index is 0.169. The van der Waals surface area contributed by atoms with Gasteiger partial charge < -0.3 is 9.73 Å². The molecule has 0 radical (unpaired) electrons. The maximum Gasteiger partial charge on any atom is 0.234 e. The number of hydrogen-bond acceptors (Lipinski definition) is 6. The van der Waals surface area contributed by atoms with Crippen molar-refractivity contribution in [2.45, 2.75) is 12.5 Å². The molecule has 0 saturated carbocycles. The third-order valence-electron chi connectivity index (χ3n) is 6.17. The Kier molecular flexibility index (Phi) is 5.73. The van der Waals surface area contributed by atoms with E-state index in [2.05, 4.69) is 31.3 Å². The monoisotopic (exact) mass is 549 g/mol. The molecule has 7 nitrogen and oxygen atoms in total. The summed E-state index contributed by atoms with van der Waals surface area (Å²) in [5.74, 6) is 0.276. The van der Waals surface area contributed by atoms with Crippen LogP contribution in [-0.4, -0.2) is 15.9 Å². The molecular formula is C29H20BrN5O2. The van der Waals surface area contributed by atoms with Gasteiger partial charge >= 0.3 is 0 Å². The normalized spacial score (nSPS) is 16.6. The molecule has 1 aliphatic rings. The summed E-state index contributed by atoms with van der Waals surface area (Å²) in [5.41, 5.74) is 5.32. The second-order valence-electron chi connectivity index (χ2n) is 8.65. The molecule has 0 fully saturated rings. The van der Waals surface area contributed by atoms with Gasteiger partial charge in [-0.1, -0.05) is 66.7 Å². The highest BCUT2D eigenvalue weighted by molar-refractivity contribution is 9.10. The van der Waals surface area contributed by atoms with Gasteiger partial charge in [-0.15, -0.1) is 0 Å². The molecule has 1 aliphatic heterocycles. The van der Waals surface area contributed by atoms with Crippen molar-refractivity contribution in [3.05, 3.63) is 119 Å². The van der Waals surface area contributed by atoms with Crippen LogP contribution >= 0.6 is 15.9 Å². The van der Waals surface area contributed by atoms with Crippen LogP contribution in [0.5, 0.6) is 0 Å². The van der Waals surface area contributed by atoms with Gasteiger partial charge in [-0.05, 0) is 45.3 Å². The van der Waals surface area contributed by atoms with Gasteiger partial charge in [0, 0.05) is 28.7 Å². The molecule has 0 bridgehead atoms. The number of halogens is 1. The first-order valence-electron chi connectivity index (χ1n) is 11.6. The maximum atomic E-state index is 11.8. The van der Waals surface area contributed by atoms with Crippen LogP contribution in [-0.2, 0) is 10.3 Å². The molecule has 37 heavy (non-hydrogen) atoms. The lowest BCUT2D eigenvalue weighted by Crippen LogP contribution is -2.21. The molecule has 0 spiro atoms. The van der Waals surface area contributed by atoms with Crippen molar-refractivity contribution in [3.8, 4) is 11.1 Å². The van der Waals surface area contributed by atoms with Gasteiger partial charge in [0.25, 0.3) is 0 Å². The van der Waals surface area contributed by atoms with E-state index < -0.39 is 5.54 Å². The molecule has 1 N–H and O–H groups in total. The average Bonchev–Trinajstić information content (AvgIpc) is 3.55. The first kappa shape index (κ1) is 23.0. The van der Waals surface area contributed by atoms with Gasteiger partial charge in [0.15, 0.2) is 5.58 Å². The predicted molar refractivity (Wildman–Crippen MR) is 146 cm³/mol. The number of rotatable bonds is 5. The minimum atomic E-state index is -1.03. The topological polar surface area (TPSA) is 92.7 Å². The Morgan fingerprint density at radius 3 is 2.43 bits per heavy atom. The molecule has 3 aromatic carbocycles. The highest BCUT2D eigenvalue weighted by atomic mass is 79.9. The summed E-state index contributed by atoms with van der Waals surface area (Å²) < 4.78 is 6.99. The van der Waals surface area contributed by atoms with Crippen LogP contribution in [0, 0.1) is 0 Å². The van der Waals surface area contributed by atoms with Gasteiger partial charge in [-0.25, -0.2) is 4.98 Å². The van der Waals surface area contributed by atoms with Crippen molar-refractivity contribution in [1.82, 2.24) is 9.97 Å². The van der Waals surface area contributed by atoms with Crippen LogP contribution in [0.3, 0.4) is 0 Å². The Hall–Kier alpha value is -4.43. The van der Waals surface area contributed by atoms with E-state index in [9.17, 15) is 4.79 Å². The summed E-state index contributed by atoms with van der Waals surface area (Å²) in [7, 11) is 0. The second kappa shape index (κ2) is 9.22. The van der Waals surface area contributed by atoms with Gasteiger partial charge in [-0.3, -0.25) is 9.78 Å². The number of anilines is 1. The average molecular weight is 550 g/mol. The van der Waals surface area contributed by atoms with E-state index >= 15 is 0 Å². The number of nitrogens with zero attached hydrogens (tertiary/aromatic N) is 4. The van der Waals surface area contributed by atoms with Crippen molar-refractivity contribution >= 4 is 44.3 Å². The first-order valence-corrected chi connectivity index (χ1v) is 12.4. The van der Waals surface area contributed by atoms with Gasteiger partial charge in [0.05, 0.1) is 17.6 Å². The smallest absolute Gasteiger partial charge is 0.234 e. The fourth-order valence-corrected chi connectivity index (χ4v) is 5.01. The van der Waals surface area contributed by atoms with Crippen molar-refractivity contribution in [2.75, 3.05) is 5.32 Å². The van der Waals surface area contributed by atoms with Crippen molar-refractivity contribution in [1.29, 1.82) is 0 Å². The zero-order valence-corrected chi connectivity index (χ0v) is 21.3. The summed E-state index contributed by atoms with van der Waals surface area (Å²) in [5, 5.41) is 12.1. The quantitative estimate of drug-likeness (QED) is 0.248. The van der Waals surface area contributed by atoms with Crippen molar-refractivity contribution < 1.29 is 9.21 Å². The van der Waals surface area contributed by atoms with E-state index in [-0.39, 0.29) is 5.91 Å². The molecule has 180 valence electrons. The van der Waals surface area contributed by atoms with E-state index in [0.29, 0.717) is 17.2 Å². The highest BCUT2D eigenvalue weighted by Gasteiger charge is 2.41. The molecule has 5 aromatic rings. The number of benzene rings is 3. The second-order valence-corrected chi connectivity index (χ2v) is 9.51. The largest absolute Gasteiger partial charge is 0.437 e. The Morgan fingerprint density at radius 1 is 0.919 bits per heavy atom. The van der Waals surface area contributed by atoms with E-state index in [4.69, 9.17) is 14.5 Å². The molecule has 1 unspecified atom stereocenters. The van der Waals surface area contributed by atoms with Crippen molar-refractivity contribution in [2.24, 2.45) is 10.2 Å². The standard InChI is InChI=1S/C29H20BrN5O2/c1-18(36)32-25-17-31-16-22(30)27(25)20-11-13-21(14-12-20)29(28-33-23-9-5-6-10-26(23)37-28)15-24(34-35-29)19-7-3-2-4-8-19/h2-17H,1H3,(H,32,36). The number of oxazole rings is 1. The van der Waals surface area contributed by atoms with Gasteiger partial charge in [0.2, 0.25) is 17.3 Å². The number of pyridine rings is 1. The Labute approximate surface area is 221 Å². The molecular weight excluding hydrogens is 530 g/mol. The number of azo groups is 1. The lowest BCUT2D eigenvalue weighted by molar-refractivity contribution is -0.114. The number of carbonyl (C=O) groups is 1. The fourth-order valence-electron chi connectivity index (χ4n) is 4.45. The Morgan fingerprint density at radius 2 is 1.68 bits per heavy atom. The Balaban J connectivity index is 1.49. The predicted octanol–water partition coefficient (Wildman–Crippen LogP) is 7.36. The van der Waals surface area contributed by atoms with Crippen LogP contribution in [0.25, 0.3) is 27.9 Å². The third-order valence-corrected chi connectivity index (χ3v) is 6.78. The summed E-state index contributed by atoms with van der Waals surface area (Å²) in [6.07, 6.45) is 5.33. The fraction of sp³-hybridized carbons (Fsp3) is 0.0690. The van der Waals surface area contributed by atoms with Crippen molar-refractivity contribution in [3.63, 3.8) is 0 Å².